The van der Waals surface area contributed by atoms with Crippen molar-refractivity contribution in [3.63, 3.8) is 0 Å². The molecule has 0 fully saturated rings. The molecular formula is C23H25NO2S. The van der Waals surface area contributed by atoms with Crippen molar-refractivity contribution in [3.05, 3.63) is 70.6 Å². The van der Waals surface area contributed by atoms with Gasteiger partial charge in [-0.3, -0.25) is 9.59 Å². The SMILES string of the molecule is CC(C)SC1=C(c2ccccc2)C(=O)N(c2ccc(C(C)(C)C)cc2)C1=O. The fourth-order valence-corrected chi connectivity index (χ4v) is 4.05. The number of anilines is 1. The van der Waals surface area contributed by atoms with E-state index in [-0.39, 0.29) is 22.5 Å². The van der Waals surface area contributed by atoms with E-state index >= 15 is 0 Å². The quantitative estimate of drug-likeness (QED) is 0.667. The van der Waals surface area contributed by atoms with Crippen LogP contribution in [0.4, 0.5) is 5.69 Å². The highest BCUT2D eigenvalue weighted by molar-refractivity contribution is 8.04. The van der Waals surface area contributed by atoms with Crippen LogP contribution in [0.2, 0.25) is 0 Å². The van der Waals surface area contributed by atoms with Crippen molar-refractivity contribution in [2.75, 3.05) is 4.90 Å². The van der Waals surface area contributed by atoms with E-state index in [0.29, 0.717) is 16.2 Å². The summed E-state index contributed by atoms with van der Waals surface area (Å²) in [5.74, 6) is -0.487. The summed E-state index contributed by atoms with van der Waals surface area (Å²) in [7, 11) is 0. The number of amides is 2. The maximum absolute atomic E-state index is 13.2. The molecular weight excluding hydrogens is 354 g/mol. The zero-order chi connectivity index (χ0) is 19.8. The number of imide groups is 1. The number of benzene rings is 2. The summed E-state index contributed by atoms with van der Waals surface area (Å²) in [5, 5.41) is 0.207. The first kappa shape index (κ1) is 19.4. The van der Waals surface area contributed by atoms with Gasteiger partial charge in [-0.15, -0.1) is 11.8 Å². The molecule has 0 aliphatic carbocycles. The third-order valence-electron chi connectivity index (χ3n) is 4.45. The Morgan fingerprint density at radius 2 is 1.44 bits per heavy atom. The van der Waals surface area contributed by atoms with Crippen LogP contribution in [0.25, 0.3) is 5.57 Å². The van der Waals surface area contributed by atoms with Gasteiger partial charge in [0, 0.05) is 5.25 Å². The van der Waals surface area contributed by atoms with Crippen LogP contribution in [-0.4, -0.2) is 17.1 Å². The molecule has 0 saturated carbocycles. The molecule has 3 rings (SSSR count). The molecule has 0 unspecified atom stereocenters. The third-order valence-corrected chi connectivity index (χ3v) is 5.53. The van der Waals surface area contributed by atoms with Gasteiger partial charge >= 0.3 is 0 Å². The Labute approximate surface area is 165 Å². The van der Waals surface area contributed by atoms with E-state index < -0.39 is 0 Å². The van der Waals surface area contributed by atoms with Crippen molar-refractivity contribution in [1.82, 2.24) is 0 Å². The van der Waals surface area contributed by atoms with Gasteiger partial charge in [-0.1, -0.05) is 77.1 Å². The second kappa shape index (κ2) is 7.35. The van der Waals surface area contributed by atoms with Gasteiger partial charge in [0.15, 0.2) is 0 Å². The summed E-state index contributed by atoms with van der Waals surface area (Å²) in [6, 6.07) is 17.2. The lowest BCUT2D eigenvalue weighted by Crippen LogP contribution is -2.31. The van der Waals surface area contributed by atoms with E-state index in [4.69, 9.17) is 0 Å². The molecule has 2 aromatic rings. The molecule has 2 amide bonds. The number of carbonyl (C=O) groups is 2. The summed E-state index contributed by atoms with van der Waals surface area (Å²) in [6.07, 6.45) is 0. The first-order valence-corrected chi connectivity index (χ1v) is 10.0. The zero-order valence-corrected chi connectivity index (χ0v) is 17.3. The molecule has 0 saturated heterocycles. The van der Waals surface area contributed by atoms with Crippen molar-refractivity contribution in [2.24, 2.45) is 0 Å². The fourth-order valence-electron chi connectivity index (χ4n) is 3.06. The molecule has 0 aromatic heterocycles. The van der Waals surface area contributed by atoms with Crippen LogP contribution in [0.15, 0.2) is 59.5 Å². The standard InChI is InChI=1S/C23H25NO2S/c1-15(2)27-20-19(16-9-7-6-8-10-16)21(25)24(22(20)26)18-13-11-17(12-14-18)23(3,4)5/h6-15H,1-5H3. The highest BCUT2D eigenvalue weighted by atomic mass is 32.2. The van der Waals surface area contributed by atoms with Crippen molar-refractivity contribution in [3.8, 4) is 0 Å². The van der Waals surface area contributed by atoms with Crippen molar-refractivity contribution >= 4 is 34.8 Å². The van der Waals surface area contributed by atoms with Crippen LogP contribution in [0.3, 0.4) is 0 Å². The molecule has 140 valence electrons. The topological polar surface area (TPSA) is 37.4 Å². The van der Waals surface area contributed by atoms with E-state index in [1.165, 1.54) is 22.2 Å². The van der Waals surface area contributed by atoms with Gasteiger partial charge in [0.2, 0.25) is 0 Å². The predicted molar refractivity (Wildman–Crippen MR) is 114 cm³/mol. The average molecular weight is 380 g/mol. The first-order valence-electron chi connectivity index (χ1n) is 9.16. The molecule has 1 heterocycles. The molecule has 0 spiro atoms. The van der Waals surface area contributed by atoms with E-state index in [1.54, 1.807) is 0 Å². The molecule has 0 N–H and O–H groups in total. The van der Waals surface area contributed by atoms with Gasteiger partial charge in [0.05, 0.1) is 16.2 Å². The second-order valence-corrected chi connectivity index (χ2v) is 9.57. The summed E-state index contributed by atoms with van der Waals surface area (Å²) in [6.45, 7) is 10.5. The van der Waals surface area contributed by atoms with Gasteiger partial charge in [-0.2, -0.15) is 0 Å². The molecule has 27 heavy (non-hydrogen) atoms. The highest BCUT2D eigenvalue weighted by Gasteiger charge is 2.40. The van der Waals surface area contributed by atoms with Gasteiger partial charge < -0.3 is 0 Å². The lowest BCUT2D eigenvalue weighted by atomic mass is 9.87. The van der Waals surface area contributed by atoms with Crippen molar-refractivity contribution in [2.45, 2.75) is 45.3 Å². The van der Waals surface area contributed by atoms with Crippen LogP contribution in [0.1, 0.15) is 45.7 Å². The van der Waals surface area contributed by atoms with E-state index in [9.17, 15) is 9.59 Å². The van der Waals surface area contributed by atoms with Crippen LogP contribution in [0, 0.1) is 0 Å². The zero-order valence-electron chi connectivity index (χ0n) is 16.4. The Balaban J connectivity index is 2.03. The average Bonchev–Trinajstić information content (AvgIpc) is 2.85. The van der Waals surface area contributed by atoms with Crippen LogP contribution in [-0.2, 0) is 15.0 Å². The van der Waals surface area contributed by atoms with Crippen LogP contribution < -0.4 is 4.90 Å². The fraction of sp³-hybridized carbons (Fsp3) is 0.304. The van der Waals surface area contributed by atoms with Crippen LogP contribution >= 0.6 is 11.8 Å². The summed E-state index contributed by atoms with van der Waals surface area (Å²) < 4.78 is 0. The summed E-state index contributed by atoms with van der Waals surface area (Å²) in [5.41, 5.74) is 3.08. The minimum absolute atomic E-state index is 0.0175. The van der Waals surface area contributed by atoms with Gasteiger partial charge in [0.25, 0.3) is 11.8 Å². The lowest BCUT2D eigenvalue weighted by molar-refractivity contribution is -0.119. The summed E-state index contributed by atoms with van der Waals surface area (Å²) >= 11 is 1.45. The van der Waals surface area contributed by atoms with Crippen LogP contribution in [0.5, 0.6) is 0 Å². The molecule has 3 nitrogen and oxygen atoms in total. The predicted octanol–water partition coefficient (Wildman–Crippen LogP) is 5.41. The number of hydrogen-bond acceptors (Lipinski definition) is 3. The Kier molecular flexibility index (Phi) is 5.29. The number of hydrogen-bond donors (Lipinski definition) is 0. The van der Waals surface area contributed by atoms with Gasteiger partial charge in [-0.25, -0.2) is 4.90 Å². The first-order chi connectivity index (χ1) is 12.7. The molecule has 1 aliphatic rings. The molecule has 2 aromatic carbocycles. The molecule has 1 aliphatic heterocycles. The Bertz CT molecular complexity index is 890. The van der Waals surface area contributed by atoms with Gasteiger partial charge in [0.1, 0.15) is 0 Å². The minimum atomic E-state index is -0.252. The molecule has 0 bridgehead atoms. The maximum Gasteiger partial charge on any atom is 0.272 e. The second-order valence-electron chi connectivity index (χ2n) is 7.98. The van der Waals surface area contributed by atoms with E-state index in [2.05, 4.69) is 20.8 Å². The molecule has 0 radical (unpaired) electrons. The van der Waals surface area contributed by atoms with Crippen molar-refractivity contribution in [1.29, 1.82) is 0 Å². The third kappa shape index (κ3) is 3.86. The Hall–Kier alpha value is -2.33. The summed E-state index contributed by atoms with van der Waals surface area (Å²) in [4.78, 5) is 28.2. The van der Waals surface area contributed by atoms with Gasteiger partial charge in [-0.05, 0) is 28.7 Å². The van der Waals surface area contributed by atoms with Crippen molar-refractivity contribution < 1.29 is 9.59 Å². The smallest absolute Gasteiger partial charge is 0.268 e. The largest absolute Gasteiger partial charge is 0.272 e. The number of thioether (sulfide) groups is 1. The lowest BCUT2D eigenvalue weighted by Gasteiger charge is -2.21. The molecule has 0 atom stereocenters. The number of rotatable bonds is 4. The number of carbonyl (C=O) groups excluding carboxylic acids is 2. The minimum Gasteiger partial charge on any atom is -0.268 e. The Morgan fingerprint density at radius 3 is 1.96 bits per heavy atom. The van der Waals surface area contributed by atoms with E-state index in [1.807, 2.05) is 68.4 Å². The monoisotopic (exact) mass is 379 g/mol. The Morgan fingerprint density at radius 1 is 0.852 bits per heavy atom. The normalized spacial score (nSPS) is 15.3. The van der Waals surface area contributed by atoms with E-state index in [0.717, 1.165) is 5.56 Å². The highest BCUT2D eigenvalue weighted by Crippen LogP contribution is 2.40. The number of nitrogens with zero attached hydrogens (tertiary/aromatic N) is 1. The maximum atomic E-state index is 13.2. The molecule has 4 heteroatoms.